The van der Waals surface area contributed by atoms with Gasteiger partial charge in [-0.3, -0.25) is 9.10 Å². The van der Waals surface area contributed by atoms with E-state index in [-0.39, 0.29) is 29.3 Å². The van der Waals surface area contributed by atoms with Gasteiger partial charge in [-0.2, -0.15) is 0 Å². The Kier molecular flexibility index (Phi) is 8.46. The fraction of sp³-hybridized carbons (Fsp3) is 0.345. The second-order valence-corrected chi connectivity index (χ2v) is 11.3. The molecular formula is C29H36N2O4S. The Balaban J connectivity index is 1.95. The fourth-order valence-electron chi connectivity index (χ4n) is 4.33. The molecule has 0 saturated heterocycles. The van der Waals surface area contributed by atoms with Gasteiger partial charge in [0.2, 0.25) is 5.91 Å². The van der Waals surface area contributed by atoms with Crippen molar-refractivity contribution < 1.29 is 17.9 Å². The van der Waals surface area contributed by atoms with Crippen molar-refractivity contribution in [2.24, 2.45) is 0 Å². The predicted octanol–water partition coefficient (Wildman–Crippen LogP) is 5.82. The average molecular weight is 509 g/mol. The summed E-state index contributed by atoms with van der Waals surface area (Å²) in [6, 6.07) is 17.4. The smallest absolute Gasteiger partial charge is 0.264 e. The van der Waals surface area contributed by atoms with E-state index in [9.17, 15) is 13.2 Å². The quantitative estimate of drug-likeness (QED) is 0.395. The van der Waals surface area contributed by atoms with Gasteiger partial charge in [0.15, 0.2) is 0 Å². The topological polar surface area (TPSA) is 75.7 Å². The molecule has 0 bridgehead atoms. The summed E-state index contributed by atoms with van der Waals surface area (Å²) in [5.74, 6) is 0.682. The number of methoxy groups -OCH3 is 1. The maximum Gasteiger partial charge on any atom is 0.264 e. The standard InChI is InChI=1S/C29H36N2O4S/c1-19(2)25-17-26(21(4)16-28(25)35-7)23(6)30-29(32)18-31(27-15-11-12-20(3)22(27)5)36(33,34)24-13-9-8-10-14-24/h8-17,19,23H,18H2,1-7H3,(H,30,32). The van der Waals surface area contributed by atoms with Crippen molar-refractivity contribution in [3.8, 4) is 5.75 Å². The van der Waals surface area contributed by atoms with Crippen LogP contribution in [0.25, 0.3) is 0 Å². The molecule has 0 radical (unpaired) electrons. The Bertz CT molecular complexity index is 1330. The van der Waals surface area contributed by atoms with Crippen LogP contribution < -0.4 is 14.4 Å². The van der Waals surface area contributed by atoms with Crippen molar-refractivity contribution in [3.05, 3.63) is 88.5 Å². The lowest BCUT2D eigenvalue weighted by Crippen LogP contribution is -2.42. The van der Waals surface area contributed by atoms with Crippen molar-refractivity contribution in [2.45, 2.75) is 58.4 Å². The lowest BCUT2D eigenvalue weighted by molar-refractivity contribution is -0.120. The molecule has 0 aliphatic heterocycles. The van der Waals surface area contributed by atoms with Gasteiger partial charge < -0.3 is 10.1 Å². The summed E-state index contributed by atoms with van der Waals surface area (Å²) in [6.07, 6.45) is 0. The summed E-state index contributed by atoms with van der Waals surface area (Å²) >= 11 is 0. The third-order valence-electron chi connectivity index (χ3n) is 6.55. The molecule has 192 valence electrons. The van der Waals surface area contributed by atoms with Gasteiger partial charge in [-0.15, -0.1) is 0 Å². The van der Waals surface area contributed by atoms with Crippen LogP contribution in [-0.4, -0.2) is 28.0 Å². The first-order valence-electron chi connectivity index (χ1n) is 12.1. The van der Waals surface area contributed by atoms with E-state index in [2.05, 4.69) is 25.2 Å². The predicted molar refractivity (Wildman–Crippen MR) is 145 cm³/mol. The molecule has 0 aliphatic rings. The fourth-order valence-corrected chi connectivity index (χ4v) is 5.83. The van der Waals surface area contributed by atoms with Crippen LogP contribution in [0.5, 0.6) is 5.75 Å². The van der Waals surface area contributed by atoms with Crippen molar-refractivity contribution in [3.63, 3.8) is 0 Å². The van der Waals surface area contributed by atoms with E-state index in [1.807, 2.05) is 39.8 Å². The van der Waals surface area contributed by atoms with Crippen molar-refractivity contribution in [2.75, 3.05) is 18.0 Å². The maximum absolute atomic E-state index is 13.7. The Morgan fingerprint density at radius 3 is 2.19 bits per heavy atom. The van der Waals surface area contributed by atoms with Crippen molar-refractivity contribution in [1.29, 1.82) is 0 Å². The highest BCUT2D eigenvalue weighted by molar-refractivity contribution is 7.92. The number of aryl methyl sites for hydroxylation is 2. The number of amides is 1. The molecule has 1 N–H and O–H groups in total. The lowest BCUT2D eigenvalue weighted by Gasteiger charge is -2.27. The molecule has 6 nitrogen and oxygen atoms in total. The monoisotopic (exact) mass is 508 g/mol. The number of anilines is 1. The van der Waals surface area contributed by atoms with E-state index in [1.165, 1.54) is 4.31 Å². The highest BCUT2D eigenvalue weighted by atomic mass is 32.2. The van der Waals surface area contributed by atoms with Gasteiger partial charge in [-0.05, 0) is 91.8 Å². The number of rotatable bonds is 9. The van der Waals surface area contributed by atoms with E-state index in [1.54, 1.807) is 49.6 Å². The second kappa shape index (κ2) is 11.2. The summed E-state index contributed by atoms with van der Waals surface area (Å²) in [7, 11) is -2.31. The summed E-state index contributed by atoms with van der Waals surface area (Å²) in [4.78, 5) is 13.4. The van der Waals surface area contributed by atoms with Gasteiger partial charge >= 0.3 is 0 Å². The number of hydrogen-bond acceptors (Lipinski definition) is 4. The van der Waals surface area contributed by atoms with Crippen molar-refractivity contribution in [1.82, 2.24) is 5.32 Å². The van der Waals surface area contributed by atoms with Crippen LogP contribution in [0, 0.1) is 20.8 Å². The first-order chi connectivity index (χ1) is 17.0. The Labute approximate surface area is 215 Å². The molecule has 0 spiro atoms. The van der Waals surface area contributed by atoms with Gasteiger partial charge in [0.05, 0.1) is 23.7 Å². The highest BCUT2D eigenvalue weighted by Crippen LogP contribution is 2.32. The van der Waals surface area contributed by atoms with Crippen LogP contribution in [0.3, 0.4) is 0 Å². The minimum absolute atomic E-state index is 0.138. The molecule has 1 amide bonds. The molecule has 7 heteroatoms. The summed E-state index contributed by atoms with van der Waals surface area (Å²) in [5, 5.41) is 3.01. The zero-order valence-corrected chi connectivity index (χ0v) is 22.9. The van der Waals surface area contributed by atoms with Crippen LogP contribution in [-0.2, 0) is 14.8 Å². The van der Waals surface area contributed by atoms with Gasteiger partial charge in [-0.25, -0.2) is 8.42 Å². The van der Waals surface area contributed by atoms with Crippen molar-refractivity contribution >= 4 is 21.6 Å². The molecule has 1 atom stereocenters. The third kappa shape index (κ3) is 5.73. The Morgan fingerprint density at radius 2 is 1.58 bits per heavy atom. The average Bonchev–Trinajstić information content (AvgIpc) is 2.84. The Morgan fingerprint density at radius 1 is 0.917 bits per heavy atom. The number of nitrogens with zero attached hydrogens (tertiary/aromatic N) is 1. The molecule has 0 saturated carbocycles. The molecule has 3 rings (SSSR count). The van der Waals surface area contributed by atoms with Crippen LogP contribution >= 0.6 is 0 Å². The molecule has 1 unspecified atom stereocenters. The minimum atomic E-state index is -3.97. The zero-order valence-electron chi connectivity index (χ0n) is 22.1. The number of benzene rings is 3. The number of ether oxygens (including phenoxy) is 1. The molecule has 0 heterocycles. The van der Waals surface area contributed by atoms with Crippen LogP contribution in [0.15, 0.2) is 65.6 Å². The summed E-state index contributed by atoms with van der Waals surface area (Å²) < 4.78 is 34.1. The minimum Gasteiger partial charge on any atom is -0.496 e. The van der Waals surface area contributed by atoms with Crippen LogP contribution in [0.2, 0.25) is 0 Å². The number of carbonyl (C=O) groups is 1. The van der Waals surface area contributed by atoms with Gasteiger partial charge in [-0.1, -0.05) is 44.2 Å². The molecule has 0 aromatic heterocycles. The third-order valence-corrected chi connectivity index (χ3v) is 8.32. The molecule has 3 aromatic rings. The first kappa shape index (κ1) is 27.3. The van der Waals surface area contributed by atoms with Crippen LogP contribution in [0.1, 0.15) is 60.5 Å². The number of nitrogens with one attached hydrogen (secondary N) is 1. The molecule has 3 aromatic carbocycles. The molecule has 0 fully saturated rings. The van der Waals surface area contributed by atoms with Gasteiger partial charge in [0, 0.05) is 0 Å². The highest BCUT2D eigenvalue weighted by Gasteiger charge is 2.29. The van der Waals surface area contributed by atoms with E-state index in [4.69, 9.17) is 4.74 Å². The van der Waals surface area contributed by atoms with Gasteiger partial charge in [0.1, 0.15) is 12.3 Å². The first-order valence-corrected chi connectivity index (χ1v) is 13.5. The van der Waals surface area contributed by atoms with Gasteiger partial charge in [0.25, 0.3) is 10.0 Å². The largest absolute Gasteiger partial charge is 0.496 e. The van der Waals surface area contributed by atoms with Crippen LogP contribution in [0.4, 0.5) is 5.69 Å². The molecule has 36 heavy (non-hydrogen) atoms. The summed E-state index contributed by atoms with van der Waals surface area (Å²) in [5.41, 5.74) is 5.27. The number of carbonyl (C=O) groups excluding carboxylic acids is 1. The molecular weight excluding hydrogens is 472 g/mol. The maximum atomic E-state index is 13.7. The number of hydrogen-bond donors (Lipinski definition) is 1. The normalized spacial score (nSPS) is 12.3. The van der Waals surface area contributed by atoms with E-state index in [0.29, 0.717) is 5.69 Å². The van der Waals surface area contributed by atoms with E-state index in [0.717, 1.165) is 33.6 Å². The van der Waals surface area contributed by atoms with E-state index >= 15 is 0 Å². The molecule has 0 aliphatic carbocycles. The zero-order chi connectivity index (χ0) is 26.6. The van der Waals surface area contributed by atoms with E-state index < -0.39 is 10.0 Å². The second-order valence-electron chi connectivity index (χ2n) is 9.44. The Hall–Kier alpha value is -3.32. The lowest BCUT2D eigenvalue weighted by atomic mass is 9.93. The number of sulfonamides is 1. The SMILES string of the molecule is COc1cc(C)c(C(C)NC(=O)CN(c2cccc(C)c2C)S(=O)(=O)c2ccccc2)cc1C(C)C. The summed E-state index contributed by atoms with van der Waals surface area (Å²) in [6.45, 7) is 11.5.